The van der Waals surface area contributed by atoms with Crippen LogP contribution in [0.5, 0.6) is 5.75 Å². The van der Waals surface area contributed by atoms with E-state index in [9.17, 15) is 0 Å². The molecule has 0 saturated heterocycles. The minimum Gasteiger partial charge on any atom is -0.493 e. The lowest BCUT2D eigenvalue weighted by Gasteiger charge is -2.14. The van der Waals surface area contributed by atoms with Gasteiger partial charge in [0.2, 0.25) is 0 Å². The first kappa shape index (κ1) is 16.0. The van der Waals surface area contributed by atoms with E-state index >= 15 is 0 Å². The zero-order chi connectivity index (χ0) is 14.1. The maximum atomic E-state index is 8.47. The van der Waals surface area contributed by atoms with E-state index in [1.54, 1.807) is 0 Å². The number of unbranched alkanes of at least 4 members (excludes halogenated alkanes) is 2. The van der Waals surface area contributed by atoms with Crippen LogP contribution in [0.2, 0.25) is 0 Å². The van der Waals surface area contributed by atoms with Crippen LogP contribution in [0.25, 0.3) is 0 Å². The molecule has 0 aliphatic heterocycles. The topological polar surface area (TPSA) is 45.0 Å². The van der Waals surface area contributed by atoms with Crippen LogP contribution in [-0.2, 0) is 6.54 Å². The van der Waals surface area contributed by atoms with Gasteiger partial charge in [-0.3, -0.25) is 0 Å². The third kappa shape index (κ3) is 6.60. The summed E-state index contributed by atoms with van der Waals surface area (Å²) in [6, 6.07) is 8.66. The van der Waals surface area contributed by atoms with E-state index in [1.807, 2.05) is 12.1 Å². The predicted molar refractivity (Wildman–Crippen MR) is 81.1 cm³/mol. The summed E-state index contributed by atoms with van der Waals surface area (Å²) in [6.07, 6.45) is 2.42. The monoisotopic (exact) mass is 324 g/mol. The molecule has 0 aliphatic rings. The Morgan fingerprint density at radius 1 is 1.37 bits per heavy atom. The largest absolute Gasteiger partial charge is 0.493 e. The van der Waals surface area contributed by atoms with E-state index in [-0.39, 0.29) is 0 Å². The van der Waals surface area contributed by atoms with Crippen molar-refractivity contribution in [1.29, 1.82) is 5.26 Å². The van der Waals surface area contributed by atoms with Gasteiger partial charge in [-0.25, -0.2) is 0 Å². The van der Waals surface area contributed by atoms with Crippen LogP contribution >= 0.6 is 15.9 Å². The third-order valence-corrected chi connectivity index (χ3v) is 3.16. The van der Waals surface area contributed by atoms with E-state index in [0.717, 1.165) is 35.2 Å². The molecule has 0 fully saturated rings. The average Bonchev–Trinajstić information content (AvgIpc) is 2.38. The van der Waals surface area contributed by atoms with Crippen LogP contribution in [-0.4, -0.2) is 12.6 Å². The van der Waals surface area contributed by atoms with Gasteiger partial charge in [0.1, 0.15) is 5.75 Å². The molecule has 0 saturated carbocycles. The summed E-state index contributed by atoms with van der Waals surface area (Å²) >= 11 is 3.49. The van der Waals surface area contributed by atoms with Crippen molar-refractivity contribution < 1.29 is 4.74 Å². The Hall–Kier alpha value is -1.05. The van der Waals surface area contributed by atoms with E-state index in [0.29, 0.717) is 19.1 Å². The van der Waals surface area contributed by atoms with Gasteiger partial charge in [-0.2, -0.15) is 5.26 Å². The van der Waals surface area contributed by atoms with Crippen LogP contribution in [0.15, 0.2) is 22.7 Å². The van der Waals surface area contributed by atoms with Crippen LogP contribution in [0.3, 0.4) is 0 Å². The van der Waals surface area contributed by atoms with Gasteiger partial charge in [0.05, 0.1) is 12.7 Å². The normalized spacial score (nSPS) is 10.5. The molecule has 104 valence electrons. The molecule has 0 heterocycles. The fourth-order valence-electron chi connectivity index (χ4n) is 1.63. The van der Waals surface area contributed by atoms with E-state index in [2.05, 4.69) is 47.2 Å². The van der Waals surface area contributed by atoms with Gasteiger partial charge in [0.25, 0.3) is 0 Å². The van der Waals surface area contributed by atoms with Crippen LogP contribution in [0.4, 0.5) is 0 Å². The second kappa shape index (κ2) is 8.95. The molecule has 0 aliphatic carbocycles. The summed E-state index contributed by atoms with van der Waals surface area (Å²) in [7, 11) is 0. The lowest BCUT2D eigenvalue weighted by molar-refractivity contribution is 0.303. The van der Waals surface area contributed by atoms with Gasteiger partial charge in [0.15, 0.2) is 0 Å². The number of halogens is 1. The highest BCUT2D eigenvalue weighted by atomic mass is 79.9. The summed E-state index contributed by atoms with van der Waals surface area (Å²) in [4.78, 5) is 0. The molecule has 19 heavy (non-hydrogen) atoms. The number of rotatable bonds is 8. The molecule has 0 spiro atoms. The van der Waals surface area contributed by atoms with Gasteiger partial charge in [-0.1, -0.05) is 29.8 Å². The van der Waals surface area contributed by atoms with Crippen molar-refractivity contribution in [3.8, 4) is 11.8 Å². The first-order valence-electron chi connectivity index (χ1n) is 6.65. The average molecular weight is 325 g/mol. The van der Waals surface area contributed by atoms with E-state index in [4.69, 9.17) is 10.00 Å². The Morgan fingerprint density at radius 2 is 2.16 bits per heavy atom. The minimum absolute atomic E-state index is 0.447. The molecule has 1 N–H and O–H groups in total. The Labute approximate surface area is 124 Å². The molecule has 0 aromatic heterocycles. The number of hydrogen-bond acceptors (Lipinski definition) is 3. The smallest absolute Gasteiger partial charge is 0.123 e. The van der Waals surface area contributed by atoms with Crippen molar-refractivity contribution >= 4 is 15.9 Å². The van der Waals surface area contributed by atoms with Gasteiger partial charge in [0, 0.05) is 29.0 Å². The van der Waals surface area contributed by atoms with Gasteiger partial charge < -0.3 is 10.1 Å². The molecule has 0 atom stereocenters. The van der Waals surface area contributed by atoms with Crippen molar-refractivity contribution in [2.24, 2.45) is 0 Å². The Kier molecular flexibility index (Phi) is 7.54. The number of benzene rings is 1. The third-order valence-electron chi connectivity index (χ3n) is 2.66. The summed E-state index contributed by atoms with van der Waals surface area (Å²) < 4.78 is 6.86. The maximum Gasteiger partial charge on any atom is 0.123 e. The minimum atomic E-state index is 0.447. The fraction of sp³-hybridized carbons (Fsp3) is 0.533. The van der Waals surface area contributed by atoms with Crippen LogP contribution in [0, 0.1) is 11.3 Å². The SMILES string of the molecule is CC(C)NCc1cc(Br)ccc1OCCCCC#N. The maximum absolute atomic E-state index is 8.47. The Balaban J connectivity index is 2.53. The molecular weight excluding hydrogens is 304 g/mol. The van der Waals surface area contributed by atoms with Crippen molar-refractivity contribution in [3.63, 3.8) is 0 Å². The predicted octanol–water partition coefficient (Wildman–Crippen LogP) is 4.02. The lowest BCUT2D eigenvalue weighted by atomic mass is 10.2. The van der Waals surface area contributed by atoms with Crippen LogP contribution < -0.4 is 10.1 Å². The summed E-state index contributed by atoms with van der Waals surface area (Å²) in [6.45, 7) is 5.71. The molecular formula is C15H21BrN2O. The first-order valence-corrected chi connectivity index (χ1v) is 7.44. The Morgan fingerprint density at radius 3 is 2.84 bits per heavy atom. The summed E-state index contributed by atoms with van der Waals surface area (Å²) in [5.41, 5.74) is 1.16. The summed E-state index contributed by atoms with van der Waals surface area (Å²) in [5, 5.41) is 11.9. The van der Waals surface area contributed by atoms with Crippen molar-refractivity contribution in [1.82, 2.24) is 5.32 Å². The van der Waals surface area contributed by atoms with Gasteiger partial charge in [-0.05, 0) is 31.0 Å². The molecule has 1 rings (SSSR count). The van der Waals surface area contributed by atoms with Crippen LogP contribution in [0.1, 0.15) is 38.7 Å². The zero-order valence-corrected chi connectivity index (χ0v) is 13.2. The number of nitrogens with one attached hydrogen (secondary N) is 1. The van der Waals surface area contributed by atoms with Crippen molar-refractivity contribution in [2.45, 2.75) is 45.7 Å². The molecule has 0 radical (unpaired) electrons. The highest BCUT2D eigenvalue weighted by molar-refractivity contribution is 9.10. The number of ether oxygens (including phenoxy) is 1. The highest BCUT2D eigenvalue weighted by Gasteiger charge is 2.05. The second-order valence-electron chi connectivity index (χ2n) is 4.75. The molecule has 3 nitrogen and oxygen atoms in total. The standard InChI is InChI=1S/C15H21BrN2O/c1-12(2)18-11-13-10-14(16)6-7-15(13)19-9-5-3-4-8-17/h6-7,10,12,18H,3-5,9,11H2,1-2H3. The summed E-state index contributed by atoms with van der Waals surface area (Å²) in [5.74, 6) is 0.924. The van der Waals surface area contributed by atoms with E-state index in [1.165, 1.54) is 0 Å². The van der Waals surface area contributed by atoms with E-state index < -0.39 is 0 Å². The molecule has 0 unspecified atom stereocenters. The lowest BCUT2D eigenvalue weighted by Crippen LogP contribution is -2.22. The second-order valence-corrected chi connectivity index (χ2v) is 5.67. The van der Waals surface area contributed by atoms with Crippen molar-refractivity contribution in [2.75, 3.05) is 6.61 Å². The molecule has 0 amide bonds. The fourth-order valence-corrected chi connectivity index (χ4v) is 2.04. The quantitative estimate of drug-likeness (QED) is 0.734. The molecule has 0 bridgehead atoms. The number of nitrogens with zero attached hydrogens (tertiary/aromatic N) is 1. The molecule has 1 aromatic carbocycles. The number of hydrogen-bond donors (Lipinski definition) is 1. The Bertz CT molecular complexity index is 427. The van der Waals surface area contributed by atoms with Gasteiger partial charge in [-0.15, -0.1) is 0 Å². The van der Waals surface area contributed by atoms with Gasteiger partial charge >= 0.3 is 0 Å². The highest BCUT2D eigenvalue weighted by Crippen LogP contribution is 2.23. The molecule has 1 aromatic rings. The van der Waals surface area contributed by atoms with Crippen molar-refractivity contribution in [3.05, 3.63) is 28.2 Å². The molecule has 4 heteroatoms. The first-order chi connectivity index (χ1) is 9.13. The zero-order valence-electron chi connectivity index (χ0n) is 11.6. The number of nitriles is 1.